The number of carbonyl (C=O) groups excluding carboxylic acids is 1. The minimum atomic E-state index is -3.11. The maximum absolute atomic E-state index is 12.6. The highest BCUT2D eigenvalue weighted by molar-refractivity contribution is 7.89. The van der Waals surface area contributed by atoms with Crippen molar-refractivity contribution in [1.82, 2.24) is 9.62 Å². The first kappa shape index (κ1) is 18.9. The predicted octanol–water partition coefficient (Wildman–Crippen LogP) is 2.81. The molecule has 1 atom stereocenters. The maximum Gasteiger partial charge on any atom is 0.261 e. The molecule has 140 valence electrons. The van der Waals surface area contributed by atoms with Gasteiger partial charge in [0.1, 0.15) is 0 Å². The van der Waals surface area contributed by atoms with E-state index in [-0.39, 0.29) is 17.7 Å². The van der Waals surface area contributed by atoms with Gasteiger partial charge in [-0.05, 0) is 56.6 Å². The molecule has 25 heavy (non-hydrogen) atoms. The lowest BCUT2D eigenvalue weighted by molar-refractivity contribution is 0.0928. The summed E-state index contributed by atoms with van der Waals surface area (Å²) < 4.78 is 25.4. The van der Waals surface area contributed by atoms with Crippen molar-refractivity contribution in [3.05, 3.63) is 21.4 Å². The van der Waals surface area contributed by atoms with Crippen LogP contribution in [0.2, 0.25) is 0 Å². The van der Waals surface area contributed by atoms with Crippen LogP contribution < -0.4 is 5.32 Å². The minimum absolute atomic E-state index is 0.00393. The summed E-state index contributed by atoms with van der Waals surface area (Å²) in [7, 11) is -3.11. The second-order valence-corrected chi connectivity index (χ2v) is 10.5. The molecule has 1 unspecified atom stereocenters. The molecule has 7 heteroatoms. The molecule has 1 amide bonds. The van der Waals surface area contributed by atoms with Crippen LogP contribution >= 0.6 is 11.3 Å². The van der Waals surface area contributed by atoms with Gasteiger partial charge in [-0.1, -0.05) is 13.3 Å². The van der Waals surface area contributed by atoms with Gasteiger partial charge in [0.25, 0.3) is 5.91 Å². The van der Waals surface area contributed by atoms with Crippen LogP contribution in [0.25, 0.3) is 0 Å². The monoisotopic (exact) mass is 384 g/mol. The molecule has 1 aromatic heterocycles. The first-order valence-corrected chi connectivity index (χ1v) is 11.8. The lowest BCUT2D eigenvalue weighted by atomic mass is 9.87. The van der Waals surface area contributed by atoms with Crippen molar-refractivity contribution < 1.29 is 13.2 Å². The number of thiophene rings is 1. The van der Waals surface area contributed by atoms with E-state index < -0.39 is 10.0 Å². The van der Waals surface area contributed by atoms with Gasteiger partial charge in [-0.3, -0.25) is 4.79 Å². The van der Waals surface area contributed by atoms with E-state index in [0.717, 1.165) is 23.6 Å². The molecular weight excluding hydrogens is 356 g/mol. The van der Waals surface area contributed by atoms with E-state index in [1.165, 1.54) is 23.3 Å². The van der Waals surface area contributed by atoms with Crippen LogP contribution in [-0.2, 0) is 22.9 Å². The van der Waals surface area contributed by atoms with Gasteiger partial charge in [0, 0.05) is 24.0 Å². The summed E-state index contributed by atoms with van der Waals surface area (Å²) in [6.07, 6.45) is 6.01. The third kappa shape index (κ3) is 4.26. The van der Waals surface area contributed by atoms with Gasteiger partial charge in [0.05, 0.1) is 10.6 Å². The third-order valence-corrected chi connectivity index (χ3v) is 8.65. The number of amides is 1. The Bertz CT molecular complexity index is 719. The fourth-order valence-corrected chi connectivity index (χ4v) is 6.02. The van der Waals surface area contributed by atoms with Gasteiger partial charge in [-0.15, -0.1) is 11.3 Å². The normalized spacial score (nSPS) is 22.6. The maximum atomic E-state index is 12.6. The van der Waals surface area contributed by atoms with Crippen molar-refractivity contribution in [2.45, 2.75) is 58.4 Å². The number of carbonyl (C=O) groups is 1. The molecule has 5 nitrogen and oxygen atoms in total. The molecule has 2 aliphatic rings. The molecule has 1 aromatic rings. The largest absolute Gasteiger partial charge is 0.349 e. The van der Waals surface area contributed by atoms with Crippen LogP contribution in [-0.4, -0.2) is 43.5 Å². The molecular formula is C18H28N2O3S2. The Balaban J connectivity index is 1.56. The molecule has 1 saturated heterocycles. The molecule has 0 spiro atoms. The average molecular weight is 385 g/mol. The van der Waals surface area contributed by atoms with E-state index in [4.69, 9.17) is 0 Å². The quantitative estimate of drug-likeness (QED) is 0.849. The van der Waals surface area contributed by atoms with Crippen molar-refractivity contribution in [3.63, 3.8) is 0 Å². The van der Waals surface area contributed by atoms with Crippen molar-refractivity contribution in [2.75, 3.05) is 18.8 Å². The molecule has 1 N–H and O–H groups in total. The molecule has 0 bridgehead atoms. The second kappa shape index (κ2) is 7.76. The van der Waals surface area contributed by atoms with E-state index in [1.807, 2.05) is 0 Å². The van der Waals surface area contributed by atoms with Gasteiger partial charge < -0.3 is 5.32 Å². The van der Waals surface area contributed by atoms with Crippen LogP contribution in [0.1, 0.15) is 59.6 Å². The predicted molar refractivity (Wildman–Crippen MR) is 102 cm³/mol. The van der Waals surface area contributed by atoms with Gasteiger partial charge in [0.2, 0.25) is 10.0 Å². The topological polar surface area (TPSA) is 66.5 Å². The van der Waals surface area contributed by atoms with Crippen molar-refractivity contribution >= 4 is 27.3 Å². The van der Waals surface area contributed by atoms with E-state index in [2.05, 4.69) is 18.3 Å². The van der Waals surface area contributed by atoms with Crippen LogP contribution in [0.15, 0.2) is 6.07 Å². The van der Waals surface area contributed by atoms with E-state index in [9.17, 15) is 13.2 Å². The fraction of sp³-hybridized carbons (Fsp3) is 0.722. The summed E-state index contributed by atoms with van der Waals surface area (Å²) in [5.74, 6) is 0.899. The molecule has 0 radical (unpaired) electrons. The van der Waals surface area contributed by atoms with Crippen LogP contribution in [0.5, 0.6) is 0 Å². The van der Waals surface area contributed by atoms with Crippen LogP contribution in [0, 0.1) is 5.92 Å². The zero-order chi connectivity index (χ0) is 18.0. The van der Waals surface area contributed by atoms with Crippen LogP contribution in [0.3, 0.4) is 0 Å². The highest BCUT2D eigenvalue weighted by Gasteiger charge is 2.28. The molecule has 1 fully saturated rings. The second-order valence-electron chi connectivity index (χ2n) is 7.12. The highest BCUT2D eigenvalue weighted by atomic mass is 32.2. The Labute approximate surface area is 154 Å². The Kier molecular flexibility index (Phi) is 5.85. The molecule has 2 heterocycles. The molecule has 0 saturated carbocycles. The van der Waals surface area contributed by atoms with Crippen molar-refractivity contribution in [3.8, 4) is 0 Å². The number of hydrogen-bond donors (Lipinski definition) is 1. The van der Waals surface area contributed by atoms with Gasteiger partial charge >= 0.3 is 0 Å². The minimum Gasteiger partial charge on any atom is -0.349 e. The Morgan fingerprint density at radius 2 is 2.00 bits per heavy atom. The SMILES string of the molecule is CCC1CCc2sc(C(=O)NC3CCN(S(=O)(=O)CC)CC3)cc2C1. The number of rotatable bonds is 5. The fourth-order valence-electron chi connectivity index (χ4n) is 3.78. The molecule has 0 aromatic carbocycles. The highest BCUT2D eigenvalue weighted by Crippen LogP contribution is 2.33. The Morgan fingerprint density at radius 1 is 1.28 bits per heavy atom. The summed E-state index contributed by atoms with van der Waals surface area (Å²) >= 11 is 1.63. The van der Waals surface area contributed by atoms with E-state index >= 15 is 0 Å². The van der Waals surface area contributed by atoms with Crippen molar-refractivity contribution in [2.24, 2.45) is 5.92 Å². The number of hydrogen-bond acceptors (Lipinski definition) is 4. The number of aryl methyl sites for hydroxylation is 1. The summed E-state index contributed by atoms with van der Waals surface area (Å²) in [4.78, 5) is 14.8. The molecule has 1 aliphatic heterocycles. The number of nitrogens with one attached hydrogen (secondary N) is 1. The third-order valence-electron chi connectivity index (χ3n) is 5.53. The summed E-state index contributed by atoms with van der Waals surface area (Å²) in [5, 5.41) is 3.11. The lowest BCUT2D eigenvalue weighted by Crippen LogP contribution is -2.46. The van der Waals surface area contributed by atoms with E-state index in [1.54, 1.807) is 22.6 Å². The standard InChI is InChI=1S/C18H28N2O3S2/c1-3-13-5-6-16-14(11-13)12-17(24-16)18(21)19-15-7-9-20(10-8-15)25(22,23)4-2/h12-13,15H,3-11H2,1-2H3,(H,19,21). The Hall–Kier alpha value is -0.920. The number of fused-ring (bicyclic) bond motifs is 1. The Morgan fingerprint density at radius 3 is 2.64 bits per heavy atom. The first-order chi connectivity index (χ1) is 11.9. The number of nitrogens with zero attached hydrogens (tertiary/aromatic N) is 1. The molecule has 3 rings (SSSR count). The number of piperidine rings is 1. The average Bonchev–Trinajstić information content (AvgIpc) is 3.05. The summed E-state index contributed by atoms with van der Waals surface area (Å²) in [5.41, 5.74) is 1.36. The van der Waals surface area contributed by atoms with Crippen LogP contribution in [0.4, 0.5) is 0 Å². The van der Waals surface area contributed by atoms with Gasteiger partial charge in [-0.2, -0.15) is 0 Å². The van der Waals surface area contributed by atoms with E-state index in [0.29, 0.717) is 25.9 Å². The van der Waals surface area contributed by atoms with Crippen molar-refractivity contribution in [1.29, 1.82) is 0 Å². The zero-order valence-electron chi connectivity index (χ0n) is 15.1. The van der Waals surface area contributed by atoms with Gasteiger partial charge in [0.15, 0.2) is 0 Å². The number of sulfonamides is 1. The van der Waals surface area contributed by atoms with Gasteiger partial charge in [-0.25, -0.2) is 12.7 Å². The zero-order valence-corrected chi connectivity index (χ0v) is 16.7. The summed E-state index contributed by atoms with van der Waals surface area (Å²) in [6, 6.07) is 2.15. The lowest BCUT2D eigenvalue weighted by Gasteiger charge is -2.31. The first-order valence-electron chi connectivity index (χ1n) is 9.33. The smallest absolute Gasteiger partial charge is 0.261 e. The summed E-state index contributed by atoms with van der Waals surface area (Å²) in [6.45, 7) is 4.91. The molecule has 1 aliphatic carbocycles.